The first-order valence-corrected chi connectivity index (χ1v) is 8.56. The van der Waals surface area contributed by atoms with Crippen molar-refractivity contribution in [3.8, 4) is 23.0 Å². The van der Waals surface area contributed by atoms with Crippen LogP contribution in [0.25, 0.3) is 21.9 Å². The summed E-state index contributed by atoms with van der Waals surface area (Å²) in [7, 11) is 1.27. The Morgan fingerprint density at radius 3 is 2.43 bits per heavy atom. The van der Waals surface area contributed by atoms with E-state index in [1.165, 1.54) is 13.2 Å². The third kappa shape index (κ3) is 2.11. The largest absolute Gasteiger partial charge is 0.507 e. The van der Waals surface area contributed by atoms with Crippen LogP contribution in [-0.2, 0) is 5.41 Å². The average Bonchev–Trinajstić information content (AvgIpc) is 2.82. The highest BCUT2D eigenvalue weighted by atomic mass is 16.5. The SMILES string of the molecule is COc1c(O)cc(C(=O)O)c2c(=O)c3c(O)cc4c(c3oc12)C(C)(C)[C@@H](C)O4. The molecule has 3 N–H and O–H groups in total. The smallest absolute Gasteiger partial charge is 0.336 e. The van der Waals surface area contributed by atoms with Crippen molar-refractivity contribution in [2.24, 2.45) is 0 Å². The molecule has 0 saturated carbocycles. The first-order chi connectivity index (χ1) is 13.1. The summed E-state index contributed by atoms with van der Waals surface area (Å²) in [6.45, 7) is 5.68. The van der Waals surface area contributed by atoms with Gasteiger partial charge in [-0.2, -0.15) is 0 Å². The van der Waals surface area contributed by atoms with Crippen LogP contribution in [0.5, 0.6) is 23.0 Å². The Bertz CT molecular complexity index is 1240. The quantitative estimate of drug-likeness (QED) is 0.574. The van der Waals surface area contributed by atoms with Crippen LogP contribution in [0.4, 0.5) is 0 Å². The number of carboxylic acids is 1. The molecular weight excluding hydrogens is 368 g/mol. The Hall–Kier alpha value is -3.42. The van der Waals surface area contributed by atoms with Gasteiger partial charge in [0.1, 0.15) is 28.6 Å². The van der Waals surface area contributed by atoms with Gasteiger partial charge < -0.3 is 29.2 Å². The predicted octanol–water partition coefficient (Wildman–Crippen LogP) is 3.12. The molecule has 0 saturated heterocycles. The van der Waals surface area contributed by atoms with Gasteiger partial charge in [0.15, 0.2) is 11.3 Å². The molecule has 0 radical (unpaired) electrons. The number of phenols is 2. The second kappa shape index (κ2) is 5.54. The number of methoxy groups -OCH3 is 1. The van der Waals surface area contributed by atoms with Gasteiger partial charge in [-0.25, -0.2) is 4.79 Å². The number of hydrogen-bond acceptors (Lipinski definition) is 7. The van der Waals surface area contributed by atoms with Crippen molar-refractivity contribution >= 4 is 27.9 Å². The van der Waals surface area contributed by atoms with Crippen molar-refractivity contribution in [1.82, 2.24) is 0 Å². The molecule has 0 aliphatic carbocycles. The van der Waals surface area contributed by atoms with Crippen molar-refractivity contribution in [2.75, 3.05) is 7.11 Å². The van der Waals surface area contributed by atoms with Gasteiger partial charge in [-0.1, -0.05) is 13.8 Å². The standard InChI is InChI=1S/C20H18O8/c1-7-20(2,3)14-11(27-7)6-9(21)13-15(23)12-8(19(24)25)5-10(22)16(26-4)18(12)28-17(13)14/h5-7,21-22H,1-4H3,(H,24,25)/t7-/m1/s1. The lowest BCUT2D eigenvalue weighted by Gasteiger charge is -2.22. The Labute approximate surface area is 158 Å². The van der Waals surface area contributed by atoms with Gasteiger partial charge in [0, 0.05) is 17.0 Å². The lowest BCUT2D eigenvalue weighted by Crippen LogP contribution is -2.29. The summed E-state index contributed by atoms with van der Waals surface area (Å²) in [5.74, 6) is -2.07. The molecule has 4 rings (SSSR count). The van der Waals surface area contributed by atoms with Crippen LogP contribution in [0.15, 0.2) is 21.3 Å². The number of fused-ring (bicyclic) bond motifs is 4. The molecule has 0 bridgehead atoms. The number of hydrogen-bond donors (Lipinski definition) is 3. The van der Waals surface area contributed by atoms with Gasteiger partial charge in [-0.15, -0.1) is 0 Å². The Balaban J connectivity index is 2.32. The molecule has 146 valence electrons. The van der Waals surface area contributed by atoms with Gasteiger partial charge in [0.05, 0.1) is 18.1 Å². The summed E-state index contributed by atoms with van der Waals surface area (Å²) in [5.41, 5.74) is -1.29. The van der Waals surface area contributed by atoms with E-state index in [1.807, 2.05) is 20.8 Å². The fourth-order valence-electron chi connectivity index (χ4n) is 3.73. The maximum absolute atomic E-state index is 13.2. The maximum atomic E-state index is 13.2. The Morgan fingerprint density at radius 1 is 1.14 bits per heavy atom. The van der Waals surface area contributed by atoms with E-state index < -0.39 is 28.1 Å². The summed E-state index contributed by atoms with van der Waals surface area (Å²) in [4.78, 5) is 24.9. The zero-order valence-corrected chi connectivity index (χ0v) is 15.6. The van der Waals surface area contributed by atoms with E-state index in [9.17, 15) is 24.9 Å². The molecule has 1 aliphatic rings. The Kier molecular flexibility index (Phi) is 3.56. The molecule has 2 heterocycles. The molecule has 8 heteroatoms. The molecule has 0 amide bonds. The first kappa shape index (κ1) is 18.0. The van der Waals surface area contributed by atoms with Crippen molar-refractivity contribution < 1.29 is 34.0 Å². The summed E-state index contributed by atoms with van der Waals surface area (Å²) in [5, 5.41) is 29.7. The molecule has 1 aliphatic heterocycles. The monoisotopic (exact) mass is 386 g/mol. The summed E-state index contributed by atoms with van der Waals surface area (Å²) in [6.07, 6.45) is -0.255. The van der Waals surface area contributed by atoms with Crippen molar-refractivity contribution in [1.29, 1.82) is 0 Å². The van der Waals surface area contributed by atoms with E-state index >= 15 is 0 Å². The summed E-state index contributed by atoms with van der Waals surface area (Å²) in [6, 6.07) is 2.26. The van der Waals surface area contributed by atoms with Crippen molar-refractivity contribution in [2.45, 2.75) is 32.3 Å². The average molecular weight is 386 g/mol. The molecule has 0 unspecified atom stereocenters. The second-order valence-electron chi connectivity index (χ2n) is 7.37. The lowest BCUT2D eigenvalue weighted by molar-refractivity contribution is 0.0698. The summed E-state index contributed by atoms with van der Waals surface area (Å²) >= 11 is 0. The van der Waals surface area contributed by atoms with Crippen molar-refractivity contribution in [3.63, 3.8) is 0 Å². The van der Waals surface area contributed by atoms with Crippen LogP contribution >= 0.6 is 0 Å². The molecule has 8 nitrogen and oxygen atoms in total. The van der Waals surface area contributed by atoms with E-state index in [4.69, 9.17) is 13.9 Å². The van der Waals surface area contributed by atoms with Crippen LogP contribution in [0.3, 0.4) is 0 Å². The van der Waals surface area contributed by atoms with Gasteiger partial charge in [0.2, 0.25) is 11.2 Å². The molecular formula is C20H18O8. The molecule has 0 spiro atoms. The highest BCUT2D eigenvalue weighted by molar-refractivity contribution is 6.08. The Morgan fingerprint density at radius 2 is 1.82 bits per heavy atom. The molecule has 2 aromatic carbocycles. The van der Waals surface area contributed by atoms with Gasteiger partial charge >= 0.3 is 5.97 Å². The zero-order chi connectivity index (χ0) is 20.5. The van der Waals surface area contributed by atoms with Gasteiger partial charge in [-0.05, 0) is 13.0 Å². The number of carbonyl (C=O) groups is 1. The maximum Gasteiger partial charge on any atom is 0.336 e. The molecule has 28 heavy (non-hydrogen) atoms. The number of benzene rings is 2. The third-order valence-electron chi connectivity index (χ3n) is 5.50. The first-order valence-electron chi connectivity index (χ1n) is 8.56. The van der Waals surface area contributed by atoms with Crippen molar-refractivity contribution in [3.05, 3.63) is 33.5 Å². The minimum Gasteiger partial charge on any atom is -0.507 e. The molecule has 0 fully saturated rings. The highest BCUT2D eigenvalue weighted by Crippen LogP contribution is 2.50. The van der Waals surface area contributed by atoms with Crippen LogP contribution < -0.4 is 14.9 Å². The van der Waals surface area contributed by atoms with Crippen LogP contribution in [0.2, 0.25) is 0 Å². The number of phenolic OH excluding ortho intramolecular Hbond substituents is 2. The predicted molar refractivity (Wildman–Crippen MR) is 99.9 cm³/mol. The van der Waals surface area contributed by atoms with Crippen LogP contribution in [0.1, 0.15) is 36.7 Å². The summed E-state index contributed by atoms with van der Waals surface area (Å²) < 4.78 is 16.9. The van der Waals surface area contributed by atoms with Gasteiger partial charge in [-0.3, -0.25) is 4.79 Å². The van der Waals surface area contributed by atoms with E-state index in [2.05, 4.69) is 0 Å². The number of aromatic carboxylic acids is 1. The normalized spacial score (nSPS) is 17.5. The van der Waals surface area contributed by atoms with E-state index in [0.29, 0.717) is 11.3 Å². The fourth-order valence-corrected chi connectivity index (χ4v) is 3.73. The van der Waals surface area contributed by atoms with E-state index in [1.54, 1.807) is 0 Å². The zero-order valence-electron chi connectivity index (χ0n) is 15.6. The highest BCUT2D eigenvalue weighted by Gasteiger charge is 2.42. The van der Waals surface area contributed by atoms with E-state index in [0.717, 1.165) is 6.07 Å². The topological polar surface area (TPSA) is 126 Å². The number of ether oxygens (including phenoxy) is 2. The number of aromatic hydroxyl groups is 2. The molecule has 1 aromatic heterocycles. The van der Waals surface area contributed by atoms with E-state index in [-0.39, 0.29) is 39.5 Å². The third-order valence-corrected chi connectivity index (χ3v) is 5.50. The molecule has 3 aromatic rings. The lowest BCUT2D eigenvalue weighted by atomic mass is 9.80. The van der Waals surface area contributed by atoms with Gasteiger partial charge in [0.25, 0.3) is 0 Å². The number of rotatable bonds is 2. The second-order valence-corrected chi connectivity index (χ2v) is 7.37. The minimum atomic E-state index is -1.42. The fraction of sp³-hybridized carbons (Fsp3) is 0.300. The number of carboxylic acid groups (broad SMARTS) is 1. The molecule has 1 atom stereocenters. The minimum absolute atomic E-state index is 0.0714. The van der Waals surface area contributed by atoms with Crippen LogP contribution in [-0.4, -0.2) is 34.5 Å². The van der Waals surface area contributed by atoms with Crippen LogP contribution in [0, 0.1) is 0 Å².